The van der Waals surface area contributed by atoms with Crippen LogP contribution in [-0.4, -0.2) is 26.8 Å². The van der Waals surface area contributed by atoms with Gasteiger partial charge in [0, 0.05) is 34.8 Å². The van der Waals surface area contributed by atoms with E-state index in [9.17, 15) is 14.7 Å². The molecule has 4 rings (SSSR count). The molecule has 0 saturated heterocycles. The Kier molecular flexibility index (Phi) is 7.98. The van der Waals surface area contributed by atoms with Crippen molar-refractivity contribution in [3.8, 4) is 22.5 Å². The molecule has 0 radical (unpaired) electrons. The van der Waals surface area contributed by atoms with Crippen LogP contribution >= 0.6 is 11.3 Å². The lowest BCUT2D eigenvalue weighted by Gasteiger charge is -2.19. The third-order valence-corrected chi connectivity index (χ3v) is 7.77. The average molecular weight is 513 g/mol. The molecule has 4 aromatic rings. The molecule has 190 valence electrons. The van der Waals surface area contributed by atoms with Crippen LogP contribution in [0.1, 0.15) is 59.8 Å². The predicted octanol–water partition coefficient (Wildman–Crippen LogP) is 7.25. The number of carboxylic acids is 1. The molecular formula is C31H32N2O3S. The van der Waals surface area contributed by atoms with Crippen molar-refractivity contribution in [2.45, 2.75) is 52.4 Å². The summed E-state index contributed by atoms with van der Waals surface area (Å²) < 4.78 is 0. The number of aryl methyl sites for hydroxylation is 1. The van der Waals surface area contributed by atoms with E-state index in [1.54, 1.807) is 6.07 Å². The first-order valence-corrected chi connectivity index (χ1v) is 13.3. The van der Waals surface area contributed by atoms with Gasteiger partial charge in [0.1, 0.15) is 0 Å². The van der Waals surface area contributed by atoms with Crippen LogP contribution < -0.4 is 0 Å². The molecule has 2 aromatic heterocycles. The van der Waals surface area contributed by atoms with E-state index in [0.29, 0.717) is 10.7 Å². The molecule has 0 bridgehead atoms. The monoisotopic (exact) mass is 512 g/mol. The highest BCUT2D eigenvalue weighted by Gasteiger charge is 2.23. The SMILES string of the molecule is CCc1ccc(C(=O)C[C@@H](Cc2ccc(-c3ncc(-c4ccc(C(C)(C)C)cc4)cn3)cc2)C(=O)O)s1. The summed E-state index contributed by atoms with van der Waals surface area (Å²) in [6, 6.07) is 19.8. The maximum Gasteiger partial charge on any atom is 0.307 e. The number of nitrogens with zero attached hydrogens (tertiary/aromatic N) is 2. The number of hydrogen-bond donors (Lipinski definition) is 1. The Hall–Kier alpha value is -3.64. The van der Waals surface area contributed by atoms with E-state index in [0.717, 1.165) is 33.6 Å². The minimum absolute atomic E-state index is 0.0118. The fraction of sp³-hybridized carbons (Fsp3) is 0.290. The van der Waals surface area contributed by atoms with Crippen LogP contribution in [-0.2, 0) is 23.1 Å². The van der Waals surface area contributed by atoms with Crippen molar-refractivity contribution in [1.82, 2.24) is 9.97 Å². The van der Waals surface area contributed by atoms with Crippen molar-refractivity contribution in [3.63, 3.8) is 0 Å². The van der Waals surface area contributed by atoms with E-state index >= 15 is 0 Å². The smallest absolute Gasteiger partial charge is 0.307 e. The second-order valence-corrected chi connectivity index (χ2v) is 11.5. The molecule has 0 unspecified atom stereocenters. The number of ketones is 1. The molecule has 1 N–H and O–H groups in total. The number of hydrogen-bond acceptors (Lipinski definition) is 5. The van der Waals surface area contributed by atoms with Gasteiger partial charge < -0.3 is 5.11 Å². The van der Waals surface area contributed by atoms with E-state index in [4.69, 9.17) is 0 Å². The van der Waals surface area contributed by atoms with Crippen LogP contribution in [0.25, 0.3) is 22.5 Å². The van der Waals surface area contributed by atoms with Gasteiger partial charge in [0.05, 0.1) is 10.8 Å². The largest absolute Gasteiger partial charge is 0.481 e. The fourth-order valence-corrected chi connectivity index (χ4v) is 5.05. The zero-order valence-electron chi connectivity index (χ0n) is 21.7. The molecule has 1 atom stereocenters. The van der Waals surface area contributed by atoms with Gasteiger partial charge in [0.25, 0.3) is 0 Å². The highest BCUT2D eigenvalue weighted by Crippen LogP contribution is 2.27. The van der Waals surface area contributed by atoms with Crippen LogP contribution in [0.15, 0.2) is 73.1 Å². The summed E-state index contributed by atoms with van der Waals surface area (Å²) in [7, 11) is 0. The minimum atomic E-state index is -0.959. The van der Waals surface area contributed by atoms with Crippen molar-refractivity contribution >= 4 is 23.1 Å². The molecule has 5 nitrogen and oxygen atoms in total. The van der Waals surface area contributed by atoms with Crippen LogP contribution in [0.5, 0.6) is 0 Å². The number of aliphatic carboxylic acids is 1. The molecule has 2 heterocycles. The zero-order valence-corrected chi connectivity index (χ0v) is 22.5. The quantitative estimate of drug-likeness (QED) is 0.239. The van der Waals surface area contributed by atoms with E-state index in [1.807, 2.05) is 49.6 Å². The summed E-state index contributed by atoms with van der Waals surface area (Å²) in [4.78, 5) is 35.4. The number of carbonyl (C=O) groups excluding carboxylic acids is 1. The maximum absolute atomic E-state index is 12.6. The van der Waals surface area contributed by atoms with Gasteiger partial charge in [-0.05, 0) is 47.1 Å². The van der Waals surface area contributed by atoms with Crippen LogP contribution in [0.2, 0.25) is 0 Å². The molecule has 0 amide bonds. The van der Waals surface area contributed by atoms with E-state index in [1.165, 1.54) is 16.9 Å². The van der Waals surface area contributed by atoms with Gasteiger partial charge in [-0.1, -0.05) is 76.2 Å². The Labute approximate surface area is 222 Å². The third kappa shape index (κ3) is 6.57. The molecule has 2 aromatic carbocycles. The molecule has 0 aliphatic rings. The van der Waals surface area contributed by atoms with E-state index < -0.39 is 11.9 Å². The Morgan fingerprint density at radius 3 is 2.03 bits per heavy atom. The van der Waals surface area contributed by atoms with Gasteiger partial charge in [-0.25, -0.2) is 9.97 Å². The number of aromatic nitrogens is 2. The van der Waals surface area contributed by atoms with Gasteiger partial charge in [-0.2, -0.15) is 0 Å². The lowest BCUT2D eigenvalue weighted by atomic mass is 9.86. The van der Waals surface area contributed by atoms with Crippen molar-refractivity contribution < 1.29 is 14.7 Å². The Morgan fingerprint density at radius 2 is 1.49 bits per heavy atom. The zero-order chi connectivity index (χ0) is 26.6. The number of benzene rings is 2. The summed E-state index contributed by atoms with van der Waals surface area (Å²) >= 11 is 1.45. The lowest BCUT2D eigenvalue weighted by molar-refractivity contribution is -0.141. The second kappa shape index (κ2) is 11.2. The number of carboxylic acid groups (broad SMARTS) is 1. The first-order chi connectivity index (χ1) is 17.6. The number of carbonyl (C=O) groups is 2. The van der Waals surface area contributed by atoms with Gasteiger partial charge >= 0.3 is 5.97 Å². The van der Waals surface area contributed by atoms with Crippen molar-refractivity contribution in [2.75, 3.05) is 0 Å². The molecule has 6 heteroatoms. The summed E-state index contributed by atoms with van der Waals surface area (Å²) in [6.07, 6.45) is 4.79. The molecule has 0 aliphatic carbocycles. The number of Topliss-reactive ketones (excluding diaryl/α,β-unsaturated/α-hetero) is 1. The fourth-order valence-electron chi connectivity index (χ4n) is 4.15. The highest BCUT2D eigenvalue weighted by molar-refractivity contribution is 7.14. The highest BCUT2D eigenvalue weighted by atomic mass is 32.1. The lowest BCUT2D eigenvalue weighted by Crippen LogP contribution is -2.20. The van der Waals surface area contributed by atoms with Gasteiger partial charge in [0.15, 0.2) is 11.6 Å². The third-order valence-electron chi connectivity index (χ3n) is 6.50. The standard InChI is InChI=1S/C31H32N2O3S/c1-5-26-14-15-28(37-26)27(34)17-23(30(35)36)16-20-6-8-22(9-7-20)29-32-18-24(19-33-29)21-10-12-25(13-11-21)31(2,3)4/h6-15,18-19,23H,5,16-17H2,1-4H3,(H,35,36)/t23-/m1/s1. The van der Waals surface area contributed by atoms with Crippen molar-refractivity contribution in [2.24, 2.45) is 5.92 Å². The number of thiophene rings is 1. The first kappa shape index (κ1) is 26.4. The Morgan fingerprint density at radius 1 is 0.865 bits per heavy atom. The Bertz CT molecular complexity index is 1370. The molecular weight excluding hydrogens is 480 g/mol. The predicted molar refractivity (Wildman–Crippen MR) is 149 cm³/mol. The van der Waals surface area contributed by atoms with Crippen LogP contribution in [0, 0.1) is 5.92 Å². The summed E-state index contributed by atoms with van der Waals surface area (Å²) in [6.45, 7) is 8.62. The molecule has 0 saturated carbocycles. The van der Waals surface area contributed by atoms with Crippen molar-refractivity contribution in [1.29, 1.82) is 0 Å². The molecule has 0 fully saturated rings. The topological polar surface area (TPSA) is 80.2 Å². The van der Waals surface area contributed by atoms with Crippen LogP contribution in [0.4, 0.5) is 0 Å². The second-order valence-electron chi connectivity index (χ2n) is 10.3. The van der Waals surface area contributed by atoms with E-state index in [-0.39, 0.29) is 24.0 Å². The van der Waals surface area contributed by atoms with Crippen molar-refractivity contribution in [3.05, 3.63) is 93.9 Å². The molecule has 0 aliphatic heterocycles. The summed E-state index contributed by atoms with van der Waals surface area (Å²) in [5.41, 5.74) is 5.12. The minimum Gasteiger partial charge on any atom is -0.481 e. The van der Waals surface area contributed by atoms with Crippen LogP contribution in [0.3, 0.4) is 0 Å². The summed E-state index contributed by atoms with van der Waals surface area (Å²) in [5.74, 6) is -1.24. The van der Waals surface area contributed by atoms with Gasteiger partial charge in [-0.3, -0.25) is 9.59 Å². The Balaban J connectivity index is 1.42. The summed E-state index contributed by atoms with van der Waals surface area (Å²) in [5, 5.41) is 9.72. The average Bonchev–Trinajstić information content (AvgIpc) is 3.38. The molecule has 37 heavy (non-hydrogen) atoms. The normalized spacial score (nSPS) is 12.3. The van der Waals surface area contributed by atoms with Gasteiger partial charge in [-0.15, -0.1) is 11.3 Å². The van der Waals surface area contributed by atoms with E-state index in [2.05, 4.69) is 55.0 Å². The molecule has 0 spiro atoms. The number of rotatable bonds is 9. The van der Waals surface area contributed by atoms with Gasteiger partial charge in [0.2, 0.25) is 0 Å². The first-order valence-electron chi connectivity index (χ1n) is 12.5. The maximum atomic E-state index is 12.6.